The first kappa shape index (κ1) is 16.2. The van der Waals surface area contributed by atoms with Crippen molar-refractivity contribution in [2.75, 3.05) is 20.1 Å². The largest absolute Gasteiger partial charge is 0.328 e. The molecule has 0 amide bonds. The van der Waals surface area contributed by atoms with E-state index in [0.29, 0.717) is 19.0 Å². The Morgan fingerprint density at radius 2 is 1.65 bits per heavy atom. The van der Waals surface area contributed by atoms with E-state index in [1.807, 2.05) is 6.92 Å². The standard InChI is InChI=1S/C14H29N3O2S/c1-12(15)13-8-10-17(11-9-13)20(18,19)16(2)14-6-4-3-5-7-14/h12-14H,3-11,15H2,1-2H3. The number of hydrogen-bond acceptors (Lipinski definition) is 3. The smallest absolute Gasteiger partial charge is 0.281 e. The van der Waals surface area contributed by atoms with Crippen molar-refractivity contribution in [1.82, 2.24) is 8.61 Å². The number of piperidine rings is 1. The van der Waals surface area contributed by atoms with Gasteiger partial charge < -0.3 is 5.73 Å². The molecule has 0 aromatic heterocycles. The summed E-state index contributed by atoms with van der Waals surface area (Å²) in [5.74, 6) is 0.460. The minimum Gasteiger partial charge on any atom is -0.328 e. The minimum atomic E-state index is -3.28. The van der Waals surface area contributed by atoms with Crippen molar-refractivity contribution in [2.45, 2.75) is 64.0 Å². The van der Waals surface area contributed by atoms with Crippen LogP contribution in [-0.2, 0) is 10.2 Å². The van der Waals surface area contributed by atoms with Crippen LogP contribution in [0.1, 0.15) is 51.9 Å². The van der Waals surface area contributed by atoms with E-state index in [4.69, 9.17) is 5.73 Å². The SMILES string of the molecule is CC(N)C1CCN(S(=O)(=O)N(C)C2CCCCC2)CC1. The van der Waals surface area contributed by atoms with Crippen LogP contribution in [0.3, 0.4) is 0 Å². The molecule has 0 aromatic rings. The number of hydrogen-bond donors (Lipinski definition) is 1. The van der Waals surface area contributed by atoms with Gasteiger partial charge in [0.2, 0.25) is 0 Å². The molecule has 2 aliphatic rings. The van der Waals surface area contributed by atoms with Crippen molar-refractivity contribution in [1.29, 1.82) is 0 Å². The Hall–Kier alpha value is -0.170. The van der Waals surface area contributed by atoms with Gasteiger partial charge in [-0.3, -0.25) is 0 Å². The predicted octanol–water partition coefficient (Wildman–Crippen LogP) is 1.55. The number of rotatable bonds is 4. The van der Waals surface area contributed by atoms with Crippen LogP contribution in [0.5, 0.6) is 0 Å². The van der Waals surface area contributed by atoms with Gasteiger partial charge in [-0.1, -0.05) is 19.3 Å². The molecule has 2 rings (SSSR count). The summed E-state index contributed by atoms with van der Waals surface area (Å²) in [7, 11) is -1.53. The monoisotopic (exact) mass is 303 g/mol. The molecule has 0 bridgehead atoms. The van der Waals surface area contributed by atoms with Crippen molar-refractivity contribution in [3.8, 4) is 0 Å². The Morgan fingerprint density at radius 1 is 1.10 bits per heavy atom. The first-order chi connectivity index (χ1) is 9.43. The zero-order chi connectivity index (χ0) is 14.8. The summed E-state index contributed by atoms with van der Waals surface area (Å²) in [5.41, 5.74) is 5.92. The van der Waals surface area contributed by atoms with Crippen LogP contribution in [0.2, 0.25) is 0 Å². The van der Waals surface area contributed by atoms with E-state index in [0.717, 1.165) is 38.5 Å². The van der Waals surface area contributed by atoms with Crippen LogP contribution in [-0.4, -0.2) is 49.2 Å². The summed E-state index contributed by atoms with van der Waals surface area (Å²) in [6.07, 6.45) is 7.32. The van der Waals surface area contributed by atoms with Crippen molar-refractivity contribution in [2.24, 2.45) is 11.7 Å². The fourth-order valence-electron chi connectivity index (χ4n) is 3.45. The number of nitrogens with two attached hydrogens (primary N) is 1. The van der Waals surface area contributed by atoms with Gasteiger partial charge in [0.05, 0.1) is 0 Å². The van der Waals surface area contributed by atoms with Gasteiger partial charge >= 0.3 is 0 Å². The maximum Gasteiger partial charge on any atom is 0.281 e. The molecule has 1 unspecified atom stereocenters. The second kappa shape index (κ2) is 6.73. The van der Waals surface area contributed by atoms with E-state index >= 15 is 0 Å². The van der Waals surface area contributed by atoms with Crippen molar-refractivity contribution < 1.29 is 8.42 Å². The second-order valence-electron chi connectivity index (χ2n) is 6.41. The van der Waals surface area contributed by atoms with Crippen LogP contribution in [0.4, 0.5) is 0 Å². The highest BCUT2D eigenvalue weighted by atomic mass is 32.2. The van der Waals surface area contributed by atoms with E-state index < -0.39 is 10.2 Å². The molecular weight excluding hydrogens is 274 g/mol. The second-order valence-corrected chi connectivity index (χ2v) is 8.40. The van der Waals surface area contributed by atoms with Crippen LogP contribution in [0.15, 0.2) is 0 Å². The highest BCUT2D eigenvalue weighted by Gasteiger charge is 2.35. The Balaban J connectivity index is 1.96. The zero-order valence-corrected chi connectivity index (χ0v) is 13.6. The molecule has 20 heavy (non-hydrogen) atoms. The quantitative estimate of drug-likeness (QED) is 0.857. The maximum absolute atomic E-state index is 12.7. The van der Waals surface area contributed by atoms with Crippen LogP contribution >= 0.6 is 0 Å². The Bertz CT molecular complexity index is 397. The van der Waals surface area contributed by atoms with E-state index in [1.165, 1.54) is 6.42 Å². The zero-order valence-electron chi connectivity index (χ0n) is 12.8. The maximum atomic E-state index is 12.7. The van der Waals surface area contributed by atoms with Gasteiger partial charge in [0.15, 0.2) is 0 Å². The normalized spacial score (nSPS) is 26.0. The fourth-order valence-corrected chi connectivity index (χ4v) is 5.07. The van der Waals surface area contributed by atoms with Gasteiger partial charge in [0.25, 0.3) is 10.2 Å². The summed E-state index contributed by atoms with van der Waals surface area (Å²) in [4.78, 5) is 0. The number of nitrogens with zero attached hydrogens (tertiary/aromatic N) is 2. The highest BCUT2D eigenvalue weighted by molar-refractivity contribution is 7.86. The third-order valence-corrected chi connectivity index (χ3v) is 7.07. The molecule has 0 spiro atoms. The van der Waals surface area contributed by atoms with Crippen LogP contribution in [0.25, 0.3) is 0 Å². The van der Waals surface area contributed by atoms with Crippen molar-refractivity contribution in [3.63, 3.8) is 0 Å². The molecule has 0 radical (unpaired) electrons. The predicted molar refractivity (Wildman–Crippen MR) is 81.5 cm³/mol. The Morgan fingerprint density at radius 3 is 2.15 bits per heavy atom. The van der Waals surface area contributed by atoms with Crippen molar-refractivity contribution in [3.05, 3.63) is 0 Å². The summed E-state index contributed by atoms with van der Waals surface area (Å²) < 4.78 is 28.6. The molecule has 118 valence electrons. The van der Waals surface area contributed by atoms with E-state index in [-0.39, 0.29) is 12.1 Å². The molecule has 1 aliphatic carbocycles. The molecule has 1 atom stereocenters. The molecular formula is C14H29N3O2S. The highest BCUT2D eigenvalue weighted by Crippen LogP contribution is 2.27. The molecule has 1 aliphatic heterocycles. The molecule has 2 fully saturated rings. The molecule has 2 N–H and O–H groups in total. The van der Waals surface area contributed by atoms with Gasteiger partial charge in [0.1, 0.15) is 0 Å². The molecule has 1 heterocycles. The third kappa shape index (κ3) is 3.53. The third-order valence-electron chi connectivity index (χ3n) is 5.02. The van der Waals surface area contributed by atoms with E-state index in [2.05, 4.69) is 0 Å². The van der Waals surface area contributed by atoms with Crippen LogP contribution < -0.4 is 5.73 Å². The summed E-state index contributed by atoms with van der Waals surface area (Å²) >= 11 is 0. The molecule has 1 saturated carbocycles. The summed E-state index contributed by atoms with van der Waals surface area (Å²) in [5, 5.41) is 0. The summed E-state index contributed by atoms with van der Waals surface area (Å²) in [6.45, 7) is 3.25. The first-order valence-corrected chi connectivity index (χ1v) is 9.31. The van der Waals surface area contributed by atoms with Gasteiger partial charge in [-0.2, -0.15) is 17.0 Å². The topological polar surface area (TPSA) is 66.6 Å². The lowest BCUT2D eigenvalue weighted by atomic mass is 9.92. The lowest BCUT2D eigenvalue weighted by molar-refractivity contribution is 0.220. The molecule has 1 saturated heterocycles. The van der Waals surface area contributed by atoms with Crippen LogP contribution in [0, 0.1) is 5.92 Å². The Kier molecular flexibility index (Phi) is 5.45. The minimum absolute atomic E-state index is 0.163. The van der Waals surface area contributed by atoms with Gasteiger partial charge in [0, 0.05) is 32.2 Å². The summed E-state index contributed by atoms with van der Waals surface area (Å²) in [6, 6.07) is 0.357. The lowest BCUT2D eigenvalue weighted by Gasteiger charge is -2.38. The molecule has 0 aromatic carbocycles. The van der Waals surface area contributed by atoms with E-state index in [9.17, 15) is 8.42 Å². The fraction of sp³-hybridized carbons (Fsp3) is 1.00. The first-order valence-electron chi connectivity index (χ1n) is 7.91. The average Bonchev–Trinajstić information content (AvgIpc) is 2.47. The molecule has 5 nitrogen and oxygen atoms in total. The van der Waals surface area contributed by atoms with Gasteiger partial charge in [-0.25, -0.2) is 0 Å². The van der Waals surface area contributed by atoms with Crippen molar-refractivity contribution >= 4 is 10.2 Å². The van der Waals surface area contributed by atoms with Gasteiger partial charge in [-0.15, -0.1) is 0 Å². The molecule has 6 heteroatoms. The van der Waals surface area contributed by atoms with E-state index in [1.54, 1.807) is 15.7 Å². The van der Waals surface area contributed by atoms with Gasteiger partial charge in [-0.05, 0) is 38.5 Å². The average molecular weight is 303 g/mol. The Labute approximate surface area is 123 Å². The lowest BCUT2D eigenvalue weighted by Crippen LogP contribution is -2.50.